The molecule has 70 valence electrons. The first-order valence-electron chi connectivity index (χ1n) is 3.71. The third-order valence-electron chi connectivity index (χ3n) is 1.79. The topological polar surface area (TPSA) is 43.1 Å². The Morgan fingerprint density at radius 1 is 1.62 bits per heavy atom. The molecule has 2 N–H and O–H groups in total. The van der Waals surface area contributed by atoms with Crippen molar-refractivity contribution in [3.63, 3.8) is 0 Å². The maximum atomic E-state index is 13.1. The molecule has 0 spiro atoms. The molecule has 0 saturated heterocycles. The highest BCUT2D eigenvalue weighted by Gasteiger charge is 2.11. The van der Waals surface area contributed by atoms with Crippen molar-refractivity contribution < 1.29 is 9.18 Å². The van der Waals surface area contributed by atoms with Gasteiger partial charge in [0.05, 0.1) is 5.33 Å². The molecule has 0 fully saturated rings. The van der Waals surface area contributed by atoms with E-state index < -0.39 is 5.82 Å². The molecule has 13 heavy (non-hydrogen) atoms. The summed E-state index contributed by atoms with van der Waals surface area (Å²) in [6, 6.07) is 2.70. The Hall–Kier alpha value is -0.900. The number of nitrogens with two attached hydrogens (primary N) is 1. The fraction of sp³-hybridized carbons (Fsp3) is 0.222. The molecule has 0 radical (unpaired) electrons. The number of alkyl halides is 1. The zero-order valence-electron chi connectivity index (χ0n) is 7.10. The van der Waals surface area contributed by atoms with Crippen LogP contribution >= 0.6 is 15.9 Å². The van der Waals surface area contributed by atoms with Crippen molar-refractivity contribution in [3.05, 3.63) is 29.1 Å². The SMILES string of the molecule is Cc1c(F)cc(N)cc1C(=O)CBr. The van der Waals surface area contributed by atoms with E-state index in [0.717, 1.165) is 0 Å². The van der Waals surface area contributed by atoms with Gasteiger partial charge < -0.3 is 5.73 Å². The van der Waals surface area contributed by atoms with Gasteiger partial charge in [-0.25, -0.2) is 4.39 Å². The number of nitrogen functional groups attached to an aromatic ring is 1. The standard InChI is InChI=1S/C9H9BrFNO/c1-5-7(9(13)4-10)2-6(12)3-8(5)11/h2-3H,4,12H2,1H3. The van der Waals surface area contributed by atoms with Crippen molar-refractivity contribution in [2.24, 2.45) is 0 Å². The van der Waals surface area contributed by atoms with Crippen LogP contribution in [0.15, 0.2) is 12.1 Å². The summed E-state index contributed by atoms with van der Waals surface area (Å²) in [6.45, 7) is 1.56. The first-order valence-corrected chi connectivity index (χ1v) is 4.83. The predicted molar refractivity (Wildman–Crippen MR) is 53.7 cm³/mol. The number of ketones is 1. The van der Waals surface area contributed by atoms with E-state index in [-0.39, 0.29) is 16.8 Å². The summed E-state index contributed by atoms with van der Waals surface area (Å²) in [4.78, 5) is 11.3. The summed E-state index contributed by atoms with van der Waals surface area (Å²) in [5.41, 5.74) is 6.37. The number of Topliss-reactive ketones (excluding diaryl/α,β-unsaturated/α-hetero) is 1. The lowest BCUT2D eigenvalue weighted by atomic mass is 10.0. The van der Waals surface area contributed by atoms with Crippen LogP contribution in [0.3, 0.4) is 0 Å². The molecule has 0 saturated carbocycles. The van der Waals surface area contributed by atoms with Crippen molar-refractivity contribution in [2.45, 2.75) is 6.92 Å². The second-order valence-electron chi connectivity index (χ2n) is 2.73. The normalized spacial score (nSPS) is 10.1. The molecule has 0 atom stereocenters. The molecule has 1 aromatic rings. The van der Waals surface area contributed by atoms with E-state index in [1.165, 1.54) is 12.1 Å². The quantitative estimate of drug-likeness (QED) is 0.494. The van der Waals surface area contributed by atoms with Crippen molar-refractivity contribution in [1.82, 2.24) is 0 Å². The molecular weight excluding hydrogens is 237 g/mol. The van der Waals surface area contributed by atoms with E-state index >= 15 is 0 Å². The number of carbonyl (C=O) groups excluding carboxylic acids is 1. The van der Waals surface area contributed by atoms with Gasteiger partial charge >= 0.3 is 0 Å². The molecule has 4 heteroatoms. The molecule has 0 bridgehead atoms. The Bertz CT molecular complexity index is 352. The van der Waals surface area contributed by atoms with Gasteiger partial charge in [-0.15, -0.1) is 0 Å². The molecular formula is C9H9BrFNO. The fourth-order valence-corrected chi connectivity index (χ4v) is 1.36. The van der Waals surface area contributed by atoms with Crippen LogP contribution in [0.2, 0.25) is 0 Å². The fourth-order valence-electron chi connectivity index (χ4n) is 1.06. The largest absolute Gasteiger partial charge is 0.399 e. The van der Waals surface area contributed by atoms with Crippen molar-refractivity contribution >= 4 is 27.4 Å². The molecule has 0 aromatic heterocycles. The Balaban J connectivity index is 3.28. The monoisotopic (exact) mass is 245 g/mol. The van der Waals surface area contributed by atoms with Crippen LogP contribution in [0.5, 0.6) is 0 Å². The summed E-state index contributed by atoms with van der Waals surface area (Å²) in [5, 5.41) is 0.177. The van der Waals surface area contributed by atoms with Crippen LogP contribution in [-0.2, 0) is 0 Å². The maximum absolute atomic E-state index is 13.1. The molecule has 0 unspecified atom stereocenters. The van der Waals surface area contributed by atoms with Gasteiger partial charge in [-0.3, -0.25) is 4.79 Å². The van der Waals surface area contributed by atoms with E-state index in [0.29, 0.717) is 11.1 Å². The van der Waals surface area contributed by atoms with E-state index in [4.69, 9.17) is 5.73 Å². The molecule has 0 aliphatic rings. The number of rotatable bonds is 2. The van der Waals surface area contributed by atoms with E-state index in [2.05, 4.69) is 15.9 Å². The van der Waals surface area contributed by atoms with Gasteiger partial charge in [0.25, 0.3) is 0 Å². The van der Waals surface area contributed by atoms with Gasteiger partial charge in [-0.2, -0.15) is 0 Å². The van der Waals surface area contributed by atoms with Crippen LogP contribution < -0.4 is 5.73 Å². The lowest BCUT2D eigenvalue weighted by Crippen LogP contribution is -2.05. The van der Waals surface area contributed by atoms with Crippen LogP contribution in [0.1, 0.15) is 15.9 Å². The van der Waals surface area contributed by atoms with Gasteiger partial charge in [0, 0.05) is 11.3 Å². The minimum absolute atomic E-state index is 0.163. The van der Waals surface area contributed by atoms with Crippen molar-refractivity contribution in [2.75, 3.05) is 11.1 Å². The minimum Gasteiger partial charge on any atom is -0.399 e. The van der Waals surface area contributed by atoms with Crippen LogP contribution in [0.25, 0.3) is 0 Å². The average molecular weight is 246 g/mol. The van der Waals surface area contributed by atoms with Crippen LogP contribution in [0, 0.1) is 12.7 Å². The molecule has 0 amide bonds. The number of hydrogen-bond acceptors (Lipinski definition) is 2. The van der Waals surface area contributed by atoms with E-state index in [1.807, 2.05) is 0 Å². The van der Waals surface area contributed by atoms with Gasteiger partial charge in [0.2, 0.25) is 0 Å². The van der Waals surface area contributed by atoms with Gasteiger partial charge in [0.15, 0.2) is 5.78 Å². The summed E-state index contributed by atoms with van der Waals surface area (Å²) >= 11 is 3.02. The van der Waals surface area contributed by atoms with Gasteiger partial charge in [0.1, 0.15) is 5.82 Å². The third-order valence-corrected chi connectivity index (χ3v) is 2.30. The molecule has 2 nitrogen and oxygen atoms in total. The van der Waals surface area contributed by atoms with Crippen LogP contribution in [-0.4, -0.2) is 11.1 Å². The Morgan fingerprint density at radius 3 is 2.77 bits per heavy atom. The maximum Gasteiger partial charge on any atom is 0.173 e. The Morgan fingerprint density at radius 2 is 2.23 bits per heavy atom. The highest BCUT2D eigenvalue weighted by atomic mass is 79.9. The molecule has 1 aromatic carbocycles. The first-order chi connectivity index (χ1) is 6.06. The number of halogens is 2. The van der Waals surface area contributed by atoms with E-state index in [9.17, 15) is 9.18 Å². The Labute approximate surface area is 84.1 Å². The smallest absolute Gasteiger partial charge is 0.173 e. The lowest BCUT2D eigenvalue weighted by Gasteiger charge is -2.05. The molecule has 1 rings (SSSR count). The van der Waals surface area contributed by atoms with Gasteiger partial charge in [-0.1, -0.05) is 15.9 Å². The molecule has 0 heterocycles. The number of anilines is 1. The van der Waals surface area contributed by atoms with Crippen molar-refractivity contribution in [3.8, 4) is 0 Å². The summed E-state index contributed by atoms with van der Waals surface area (Å²) < 4.78 is 13.1. The third kappa shape index (κ3) is 2.06. The van der Waals surface area contributed by atoms with Crippen molar-refractivity contribution in [1.29, 1.82) is 0 Å². The predicted octanol–water partition coefficient (Wildman–Crippen LogP) is 2.29. The summed E-state index contributed by atoms with van der Waals surface area (Å²) in [5.74, 6) is -0.604. The lowest BCUT2D eigenvalue weighted by molar-refractivity contribution is 0.102. The second-order valence-corrected chi connectivity index (χ2v) is 3.29. The Kier molecular flexibility index (Phi) is 3.03. The number of benzene rings is 1. The minimum atomic E-state index is -0.440. The molecule has 0 aliphatic carbocycles. The first kappa shape index (κ1) is 10.2. The van der Waals surface area contributed by atoms with Gasteiger partial charge in [-0.05, 0) is 24.6 Å². The average Bonchev–Trinajstić information content (AvgIpc) is 2.10. The zero-order chi connectivity index (χ0) is 10.0. The number of carbonyl (C=O) groups is 1. The summed E-state index contributed by atoms with van der Waals surface area (Å²) in [6.07, 6.45) is 0. The summed E-state index contributed by atoms with van der Waals surface area (Å²) in [7, 11) is 0. The highest BCUT2D eigenvalue weighted by molar-refractivity contribution is 9.09. The second kappa shape index (κ2) is 3.87. The zero-order valence-corrected chi connectivity index (χ0v) is 8.69. The molecule has 0 aliphatic heterocycles. The highest BCUT2D eigenvalue weighted by Crippen LogP contribution is 2.18. The number of hydrogen-bond donors (Lipinski definition) is 1. The van der Waals surface area contributed by atoms with Crippen LogP contribution in [0.4, 0.5) is 10.1 Å². The van der Waals surface area contributed by atoms with E-state index in [1.54, 1.807) is 6.92 Å².